The summed E-state index contributed by atoms with van der Waals surface area (Å²) in [7, 11) is 0. The number of hydrogen-bond donors (Lipinski definition) is 0. The van der Waals surface area contributed by atoms with Crippen LogP contribution in [0.5, 0.6) is 0 Å². The molecule has 0 bridgehead atoms. The number of nitrogens with zero attached hydrogens (tertiary/aromatic N) is 1. The summed E-state index contributed by atoms with van der Waals surface area (Å²) in [5.74, 6) is 0. The van der Waals surface area contributed by atoms with Crippen molar-refractivity contribution >= 4 is 6.09 Å². The molecule has 2 rings (SSSR count). The van der Waals surface area contributed by atoms with Gasteiger partial charge in [-0.1, -0.05) is 36.9 Å². The SMILES string of the molecule is C=C[C@@H]1CN([C@@H](C)c2ccccc2)C(=O)O1. The Balaban J connectivity index is 2.14. The van der Waals surface area contributed by atoms with Gasteiger partial charge < -0.3 is 4.74 Å². The molecule has 3 nitrogen and oxygen atoms in total. The van der Waals surface area contributed by atoms with Crippen molar-refractivity contribution in [1.29, 1.82) is 0 Å². The summed E-state index contributed by atoms with van der Waals surface area (Å²) in [6.45, 7) is 6.22. The number of ether oxygens (including phenoxy) is 1. The molecule has 3 heteroatoms. The van der Waals surface area contributed by atoms with E-state index in [1.807, 2.05) is 37.3 Å². The van der Waals surface area contributed by atoms with Gasteiger partial charge in [-0.15, -0.1) is 0 Å². The van der Waals surface area contributed by atoms with Gasteiger partial charge in [0.05, 0.1) is 12.6 Å². The van der Waals surface area contributed by atoms with Gasteiger partial charge in [0.25, 0.3) is 0 Å². The molecule has 1 saturated heterocycles. The number of carbonyl (C=O) groups is 1. The highest BCUT2D eigenvalue weighted by atomic mass is 16.6. The van der Waals surface area contributed by atoms with Crippen LogP contribution in [0.4, 0.5) is 4.79 Å². The van der Waals surface area contributed by atoms with E-state index in [0.29, 0.717) is 6.54 Å². The number of rotatable bonds is 3. The lowest BCUT2D eigenvalue weighted by Crippen LogP contribution is -2.28. The number of cyclic esters (lactones) is 1. The van der Waals surface area contributed by atoms with Crippen molar-refractivity contribution in [2.24, 2.45) is 0 Å². The van der Waals surface area contributed by atoms with E-state index >= 15 is 0 Å². The smallest absolute Gasteiger partial charge is 0.411 e. The topological polar surface area (TPSA) is 29.5 Å². The lowest BCUT2D eigenvalue weighted by Gasteiger charge is -2.21. The molecule has 0 saturated carbocycles. The number of amides is 1. The molecule has 1 heterocycles. The van der Waals surface area contributed by atoms with Crippen molar-refractivity contribution in [3.63, 3.8) is 0 Å². The first-order chi connectivity index (χ1) is 7.72. The van der Waals surface area contributed by atoms with Crippen molar-refractivity contribution in [1.82, 2.24) is 4.90 Å². The van der Waals surface area contributed by atoms with Gasteiger partial charge in [0.1, 0.15) is 6.10 Å². The predicted octanol–water partition coefficient (Wildman–Crippen LogP) is 2.75. The number of hydrogen-bond acceptors (Lipinski definition) is 2. The number of carbonyl (C=O) groups excluding carboxylic acids is 1. The maximum Gasteiger partial charge on any atom is 0.411 e. The van der Waals surface area contributed by atoms with E-state index in [1.165, 1.54) is 0 Å². The lowest BCUT2D eigenvalue weighted by molar-refractivity contribution is 0.139. The van der Waals surface area contributed by atoms with E-state index in [1.54, 1.807) is 11.0 Å². The van der Waals surface area contributed by atoms with Crippen LogP contribution in [0.2, 0.25) is 0 Å². The summed E-state index contributed by atoms with van der Waals surface area (Å²) in [5, 5.41) is 0. The first kappa shape index (κ1) is 10.7. The summed E-state index contributed by atoms with van der Waals surface area (Å²) < 4.78 is 5.13. The van der Waals surface area contributed by atoms with Crippen molar-refractivity contribution in [2.45, 2.75) is 19.1 Å². The fraction of sp³-hybridized carbons (Fsp3) is 0.308. The van der Waals surface area contributed by atoms with E-state index in [0.717, 1.165) is 5.56 Å². The Bertz CT molecular complexity index is 388. The fourth-order valence-corrected chi connectivity index (χ4v) is 1.85. The maximum atomic E-state index is 11.6. The van der Waals surface area contributed by atoms with Crippen LogP contribution >= 0.6 is 0 Å². The van der Waals surface area contributed by atoms with Crippen LogP contribution < -0.4 is 0 Å². The fourth-order valence-electron chi connectivity index (χ4n) is 1.85. The summed E-state index contributed by atoms with van der Waals surface area (Å²) >= 11 is 0. The minimum absolute atomic E-state index is 0.0404. The summed E-state index contributed by atoms with van der Waals surface area (Å²) in [6.07, 6.45) is 1.22. The molecule has 1 aromatic carbocycles. The van der Waals surface area contributed by atoms with Gasteiger partial charge >= 0.3 is 6.09 Å². The largest absolute Gasteiger partial charge is 0.440 e. The van der Waals surface area contributed by atoms with Gasteiger partial charge in [0, 0.05) is 0 Å². The zero-order valence-electron chi connectivity index (χ0n) is 9.30. The summed E-state index contributed by atoms with van der Waals surface area (Å²) in [4.78, 5) is 13.3. The van der Waals surface area contributed by atoms with E-state index < -0.39 is 0 Å². The molecule has 1 aliphatic rings. The zero-order valence-corrected chi connectivity index (χ0v) is 9.30. The maximum absolute atomic E-state index is 11.6. The quantitative estimate of drug-likeness (QED) is 0.728. The van der Waals surface area contributed by atoms with Crippen LogP contribution in [0.3, 0.4) is 0 Å². The Morgan fingerprint density at radius 2 is 2.19 bits per heavy atom. The minimum Gasteiger partial charge on any atom is -0.440 e. The zero-order chi connectivity index (χ0) is 11.5. The minimum atomic E-state index is -0.263. The van der Waals surface area contributed by atoms with Crippen LogP contribution in [0.15, 0.2) is 43.0 Å². The van der Waals surface area contributed by atoms with Gasteiger partial charge in [-0.25, -0.2) is 4.79 Å². The number of benzene rings is 1. The third-order valence-corrected chi connectivity index (χ3v) is 2.88. The standard InChI is InChI=1S/C13H15NO2/c1-3-12-9-14(13(15)16-12)10(2)11-7-5-4-6-8-11/h3-8,10,12H,1,9H2,2H3/t10-,12+/m0/s1. The van der Waals surface area contributed by atoms with Crippen LogP contribution in [0, 0.1) is 0 Å². The highest BCUT2D eigenvalue weighted by Crippen LogP contribution is 2.25. The molecule has 84 valence electrons. The van der Waals surface area contributed by atoms with E-state index in [-0.39, 0.29) is 18.2 Å². The van der Waals surface area contributed by atoms with Gasteiger partial charge in [-0.2, -0.15) is 0 Å². The van der Waals surface area contributed by atoms with Crippen molar-refractivity contribution in [3.8, 4) is 0 Å². The van der Waals surface area contributed by atoms with Crippen LogP contribution in [-0.2, 0) is 4.74 Å². The molecule has 1 amide bonds. The van der Waals surface area contributed by atoms with Gasteiger partial charge in [0.15, 0.2) is 0 Å². The molecule has 0 N–H and O–H groups in total. The highest BCUT2D eigenvalue weighted by molar-refractivity contribution is 5.71. The third-order valence-electron chi connectivity index (χ3n) is 2.88. The molecule has 2 atom stereocenters. The molecule has 16 heavy (non-hydrogen) atoms. The molecular formula is C13H15NO2. The molecule has 1 aromatic rings. The molecule has 0 spiro atoms. The molecule has 0 aromatic heterocycles. The summed E-state index contributed by atoms with van der Waals surface area (Å²) in [6, 6.07) is 9.97. The molecule has 0 aliphatic carbocycles. The van der Waals surface area contributed by atoms with Crippen molar-refractivity contribution in [2.75, 3.05) is 6.54 Å². The Morgan fingerprint density at radius 1 is 1.50 bits per heavy atom. The van der Waals surface area contributed by atoms with Crippen LogP contribution in [0.25, 0.3) is 0 Å². The van der Waals surface area contributed by atoms with Crippen LogP contribution in [0.1, 0.15) is 18.5 Å². The Kier molecular flexibility index (Phi) is 2.95. The molecule has 0 unspecified atom stereocenters. The van der Waals surface area contributed by atoms with E-state index in [2.05, 4.69) is 6.58 Å². The van der Waals surface area contributed by atoms with Crippen molar-refractivity contribution < 1.29 is 9.53 Å². The summed E-state index contributed by atoms with van der Waals surface area (Å²) in [5.41, 5.74) is 1.11. The second kappa shape index (κ2) is 4.39. The second-order valence-electron chi connectivity index (χ2n) is 3.90. The van der Waals surface area contributed by atoms with Gasteiger partial charge in [-0.3, -0.25) is 4.90 Å². The molecule has 1 fully saturated rings. The molecule has 1 aliphatic heterocycles. The van der Waals surface area contributed by atoms with Crippen LogP contribution in [-0.4, -0.2) is 23.6 Å². The predicted molar refractivity (Wildman–Crippen MR) is 62.0 cm³/mol. The Morgan fingerprint density at radius 3 is 2.75 bits per heavy atom. The Labute approximate surface area is 95.3 Å². The van der Waals surface area contributed by atoms with Gasteiger partial charge in [-0.05, 0) is 18.6 Å². The average molecular weight is 217 g/mol. The van der Waals surface area contributed by atoms with E-state index in [9.17, 15) is 4.79 Å². The first-order valence-electron chi connectivity index (χ1n) is 5.37. The first-order valence-corrected chi connectivity index (χ1v) is 5.37. The Hall–Kier alpha value is -1.77. The lowest BCUT2D eigenvalue weighted by atomic mass is 10.1. The van der Waals surface area contributed by atoms with E-state index in [4.69, 9.17) is 4.74 Å². The van der Waals surface area contributed by atoms with Gasteiger partial charge in [0.2, 0.25) is 0 Å². The normalized spacial score (nSPS) is 21.7. The highest BCUT2D eigenvalue weighted by Gasteiger charge is 2.33. The third kappa shape index (κ3) is 1.94. The average Bonchev–Trinajstić information content (AvgIpc) is 2.71. The van der Waals surface area contributed by atoms with Crippen molar-refractivity contribution in [3.05, 3.63) is 48.6 Å². The monoisotopic (exact) mass is 217 g/mol. The molecular weight excluding hydrogens is 202 g/mol. The molecule has 0 radical (unpaired) electrons. The second-order valence-corrected chi connectivity index (χ2v) is 3.90.